The molecule has 130 valence electrons. The Bertz CT molecular complexity index is 1130. The summed E-state index contributed by atoms with van der Waals surface area (Å²) < 4.78 is 0. The summed E-state index contributed by atoms with van der Waals surface area (Å²) in [6, 6.07) is 11.6. The quantitative estimate of drug-likeness (QED) is 0.528. The Balaban J connectivity index is 1.78. The summed E-state index contributed by atoms with van der Waals surface area (Å²) in [7, 11) is 0. The Hall–Kier alpha value is -3.41. The fourth-order valence-corrected chi connectivity index (χ4v) is 2.96. The fourth-order valence-electron chi connectivity index (χ4n) is 2.96. The monoisotopic (exact) mass is 345 g/mol. The second kappa shape index (κ2) is 6.48. The molecule has 4 aromatic rings. The zero-order chi connectivity index (χ0) is 18.1. The van der Waals surface area contributed by atoms with Gasteiger partial charge in [-0.3, -0.25) is 9.78 Å². The van der Waals surface area contributed by atoms with E-state index in [9.17, 15) is 4.79 Å². The number of anilines is 1. The number of hydrogen-bond donors (Lipinski definition) is 3. The van der Waals surface area contributed by atoms with Crippen LogP contribution in [0.15, 0.2) is 53.6 Å². The molecule has 0 aliphatic carbocycles. The number of fused-ring (bicyclic) bond motifs is 1. The highest BCUT2D eigenvalue weighted by Gasteiger charge is 2.13. The lowest BCUT2D eigenvalue weighted by molar-refractivity contribution is 1.03. The summed E-state index contributed by atoms with van der Waals surface area (Å²) >= 11 is 0. The van der Waals surface area contributed by atoms with Gasteiger partial charge in [0.2, 0.25) is 0 Å². The highest BCUT2D eigenvalue weighted by atomic mass is 16.1. The molecule has 0 aromatic carbocycles. The van der Waals surface area contributed by atoms with Gasteiger partial charge >= 0.3 is 0 Å². The van der Waals surface area contributed by atoms with Gasteiger partial charge in [-0.05, 0) is 49.7 Å². The minimum Gasteiger partial charge on any atom is -0.364 e. The molecule has 0 fully saturated rings. The number of H-pyrrole nitrogens is 2. The average molecular weight is 345 g/mol. The number of nitrogens with zero attached hydrogens (tertiary/aromatic N) is 2. The van der Waals surface area contributed by atoms with Gasteiger partial charge in [0.1, 0.15) is 11.5 Å². The van der Waals surface area contributed by atoms with E-state index in [4.69, 9.17) is 0 Å². The van der Waals surface area contributed by atoms with E-state index in [1.54, 1.807) is 6.20 Å². The third-order valence-corrected chi connectivity index (χ3v) is 4.49. The van der Waals surface area contributed by atoms with E-state index >= 15 is 0 Å². The predicted molar refractivity (Wildman–Crippen MR) is 103 cm³/mol. The molecular formula is C20H19N5O. The first kappa shape index (κ1) is 16.1. The Morgan fingerprint density at radius 1 is 1.12 bits per heavy atom. The van der Waals surface area contributed by atoms with Crippen LogP contribution >= 0.6 is 0 Å². The summed E-state index contributed by atoms with van der Waals surface area (Å²) in [4.78, 5) is 27.5. The van der Waals surface area contributed by atoms with Gasteiger partial charge in [-0.15, -0.1) is 0 Å². The van der Waals surface area contributed by atoms with Crippen molar-refractivity contribution in [1.29, 1.82) is 0 Å². The molecule has 6 heteroatoms. The smallest absolute Gasteiger partial charge is 0.256 e. The molecule has 0 saturated heterocycles. The van der Waals surface area contributed by atoms with Gasteiger partial charge in [-0.25, -0.2) is 4.98 Å². The number of aromatic amines is 2. The Morgan fingerprint density at radius 2 is 2.00 bits per heavy atom. The van der Waals surface area contributed by atoms with E-state index in [1.165, 1.54) is 0 Å². The summed E-state index contributed by atoms with van der Waals surface area (Å²) in [6.45, 7) is 4.45. The summed E-state index contributed by atoms with van der Waals surface area (Å²) in [5.74, 6) is 0.693. The standard InChI is InChI=1S/C20H19N5O/c1-12-9-17(20(26)24-13(12)2)16-10-18(25-19-15(16)6-8-22-19)23-11-14-5-3-4-7-21-14/h3-10H,11H2,1-2H3,(H,24,26)(H2,22,23,25). The van der Waals surface area contributed by atoms with Crippen molar-refractivity contribution in [2.24, 2.45) is 0 Å². The van der Waals surface area contributed by atoms with Crippen LogP contribution in [-0.2, 0) is 6.54 Å². The lowest BCUT2D eigenvalue weighted by atomic mass is 10.0. The number of aryl methyl sites for hydroxylation is 2. The van der Waals surface area contributed by atoms with E-state index in [1.807, 2.05) is 56.4 Å². The largest absolute Gasteiger partial charge is 0.364 e. The van der Waals surface area contributed by atoms with Crippen LogP contribution in [0.1, 0.15) is 17.0 Å². The molecule has 26 heavy (non-hydrogen) atoms. The normalized spacial score (nSPS) is 11.0. The molecule has 0 spiro atoms. The van der Waals surface area contributed by atoms with Crippen molar-refractivity contribution >= 4 is 16.9 Å². The van der Waals surface area contributed by atoms with Crippen molar-refractivity contribution in [3.05, 3.63) is 76.1 Å². The van der Waals surface area contributed by atoms with Gasteiger partial charge in [0.15, 0.2) is 0 Å². The second-order valence-corrected chi connectivity index (χ2v) is 6.29. The Morgan fingerprint density at radius 3 is 2.81 bits per heavy atom. The first-order valence-electron chi connectivity index (χ1n) is 8.44. The summed E-state index contributed by atoms with van der Waals surface area (Å²) in [5.41, 5.74) is 4.98. The van der Waals surface area contributed by atoms with Crippen molar-refractivity contribution in [2.75, 3.05) is 5.32 Å². The van der Waals surface area contributed by atoms with Crippen LogP contribution in [-0.4, -0.2) is 19.9 Å². The molecular weight excluding hydrogens is 326 g/mol. The molecule has 4 heterocycles. The number of pyridine rings is 3. The molecule has 0 bridgehead atoms. The number of nitrogens with one attached hydrogen (secondary N) is 3. The SMILES string of the molecule is Cc1cc(-c2cc(NCc3ccccn3)nc3[nH]ccc23)c(=O)[nH]c1C. The third-order valence-electron chi connectivity index (χ3n) is 4.49. The molecule has 0 saturated carbocycles. The lowest BCUT2D eigenvalue weighted by Crippen LogP contribution is -2.12. The van der Waals surface area contributed by atoms with Gasteiger partial charge < -0.3 is 15.3 Å². The van der Waals surface area contributed by atoms with Gasteiger partial charge in [0, 0.05) is 34.6 Å². The van der Waals surface area contributed by atoms with Crippen molar-refractivity contribution in [3.63, 3.8) is 0 Å². The van der Waals surface area contributed by atoms with Crippen LogP contribution in [0.4, 0.5) is 5.82 Å². The number of hydrogen-bond acceptors (Lipinski definition) is 4. The maximum atomic E-state index is 12.5. The third kappa shape index (κ3) is 2.97. The van der Waals surface area contributed by atoms with Crippen LogP contribution in [0.3, 0.4) is 0 Å². The number of rotatable bonds is 4. The van der Waals surface area contributed by atoms with Crippen LogP contribution in [0.2, 0.25) is 0 Å². The van der Waals surface area contributed by atoms with Crippen LogP contribution in [0, 0.1) is 13.8 Å². The number of aromatic nitrogens is 4. The zero-order valence-electron chi connectivity index (χ0n) is 14.6. The predicted octanol–water partition coefficient (Wildman–Crippen LogP) is 3.54. The van der Waals surface area contributed by atoms with Crippen molar-refractivity contribution in [2.45, 2.75) is 20.4 Å². The molecule has 0 atom stereocenters. The molecule has 0 radical (unpaired) electrons. The summed E-state index contributed by atoms with van der Waals surface area (Å²) in [6.07, 6.45) is 3.59. The van der Waals surface area contributed by atoms with Crippen LogP contribution in [0.25, 0.3) is 22.2 Å². The zero-order valence-corrected chi connectivity index (χ0v) is 14.6. The minimum atomic E-state index is -0.0996. The Labute approximate surface area is 150 Å². The van der Waals surface area contributed by atoms with E-state index in [2.05, 4.69) is 25.3 Å². The van der Waals surface area contributed by atoms with E-state index in [-0.39, 0.29) is 5.56 Å². The van der Waals surface area contributed by atoms with Gasteiger partial charge in [0.05, 0.1) is 12.2 Å². The molecule has 4 aromatic heterocycles. The minimum absolute atomic E-state index is 0.0996. The molecule has 0 amide bonds. The molecule has 4 rings (SSSR count). The molecule has 0 unspecified atom stereocenters. The Kier molecular flexibility index (Phi) is 4.01. The molecule has 3 N–H and O–H groups in total. The van der Waals surface area contributed by atoms with Gasteiger partial charge in [-0.2, -0.15) is 0 Å². The lowest BCUT2D eigenvalue weighted by Gasteiger charge is -2.10. The van der Waals surface area contributed by atoms with Crippen LogP contribution < -0.4 is 10.9 Å². The van der Waals surface area contributed by atoms with Crippen molar-refractivity contribution < 1.29 is 0 Å². The highest BCUT2D eigenvalue weighted by Crippen LogP contribution is 2.28. The summed E-state index contributed by atoms with van der Waals surface area (Å²) in [5, 5.41) is 4.21. The topological polar surface area (TPSA) is 86.5 Å². The van der Waals surface area contributed by atoms with E-state index in [0.29, 0.717) is 17.9 Å². The first-order chi connectivity index (χ1) is 12.6. The highest BCUT2D eigenvalue weighted by molar-refractivity contribution is 5.94. The first-order valence-corrected chi connectivity index (χ1v) is 8.44. The maximum absolute atomic E-state index is 12.5. The van der Waals surface area contributed by atoms with E-state index < -0.39 is 0 Å². The average Bonchev–Trinajstić information content (AvgIpc) is 3.12. The molecule has 0 aliphatic rings. The van der Waals surface area contributed by atoms with Crippen molar-refractivity contribution in [1.82, 2.24) is 19.9 Å². The van der Waals surface area contributed by atoms with Gasteiger partial charge in [0.25, 0.3) is 5.56 Å². The second-order valence-electron chi connectivity index (χ2n) is 6.29. The molecule has 6 nitrogen and oxygen atoms in total. The fraction of sp³-hybridized carbons (Fsp3) is 0.150. The molecule has 0 aliphatic heterocycles. The maximum Gasteiger partial charge on any atom is 0.256 e. The van der Waals surface area contributed by atoms with Crippen molar-refractivity contribution in [3.8, 4) is 11.1 Å². The van der Waals surface area contributed by atoms with Crippen LogP contribution in [0.5, 0.6) is 0 Å². The van der Waals surface area contributed by atoms with E-state index in [0.717, 1.165) is 33.5 Å². The van der Waals surface area contributed by atoms with Gasteiger partial charge in [-0.1, -0.05) is 6.07 Å².